The van der Waals surface area contributed by atoms with E-state index in [1.165, 1.54) is 11.8 Å². The normalized spacial score (nSPS) is 17.3. The molecular weight excluding hydrogens is 388 g/mol. The summed E-state index contributed by atoms with van der Waals surface area (Å²) in [6, 6.07) is 3.61. The molecule has 1 unspecified atom stereocenters. The number of fused-ring (bicyclic) bond motifs is 1. The van der Waals surface area contributed by atoms with Gasteiger partial charge in [0, 0.05) is 23.0 Å². The molecule has 0 aliphatic carbocycles. The van der Waals surface area contributed by atoms with E-state index in [0.717, 1.165) is 16.3 Å². The van der Waals surface area contributed by atoms with E-state index >= 15 is 0 Å². The number of amides is 1. The molecule has 1 aliphatic rings. The first-order chi connectivity index (χ1) is 10.8. The summed E-state index contributed by atoms with van der Waals surface area (Å²) in [5.74, 6) is -2.20. The van der Waals surface area contributed by atoms with Gasteiger partial charge in [0.2, 0.25) is 11.8 Å². The van der Waals surface area contributed by atoms with Crippen LogP contribution in [-0.4, -0.2) is 24.7 Å². The van der Waals surface area contributed by atoms with Gasteiger partial charge in [0.25, 0.3) is 0 Å². The number of thioether (sulfide) groups is 1. The first kappa shape index (κ1) is 20.2. The summed E-state index contributed by atoms with van der Waals surface area (Å²) in [7, 11) is 1.57. The Morgan fingerprint density at radius 2 is 2.09 bits per heavy atom. The van der Waals surface area contributed by atoms with Crippen molar-refractivity contribution < 1.29 is 18.3 Å². The van der Waals surface area contributed by atoms with Crippen LogP contribution in [0.3, 0.4) is 0 Å². The third-order valence-electron chi connectivity index (χ3n) is 3.25. The number of benzene rings is 1. The molecule has 0 radical (unpaired) electrons. The predicted molar refractivity (Wildman–Crippen MR) is 94.7 cm³/mol. The van der Waals surface area contributed by atoms with Crippen molar-refractivity contribution >= 4 is 39.3 Å². The van der Waals surface area contributed by atoms with Crippen molar-refractivity contribution in [3.8, 4) is 5.75 Å². The Bertz CT molecular complexity index is 550. The molecule has 130 valence electrons. The van der Waals surface area contributed by atoms with Crippen molar-refractivity contribution in [3.05, 3.63) is 16.6 Å². The van der Waals surface area contributed by atoms with Crippen LogP contribution in [-0.2, 0) is 4.79 Å². The standard InChI is InChI=1S/C14H16BrF2NO2S.C2H6/c1-14(16,17)4-3-8-7-21-12-6-11(20-2)9(15)5-10(12)18-13(8)19;1-2/h5-6,8H,3-4,7H2,1-2H3,(H,18,19);1-2H3. The van der Waals surface area contributed by atoms with Crippen LogP contribution >= 0.6 is 27.7 Å². The first-order valence-corrected chi connectivity index (χ1v) is 9.27. The zero-order valence-electron chi connectivity index (χ0n) is 13.7. The molecular formula is C16H22BrF2NO2S. The van der Waals surface area contributed by atoms with E-state index in [9.17, 15) is 13.6 Å². The van der Waals surface area contributed by atoms with E-state index in [0.29, 0.717) is 17.2 Å². The highest BCUT2D eigenvalue weighted by atomic mass is 79.9. The number of anilines is 1. The van der Waals surface area contributed by atoms with E-state index in [2.05, 4.69) is 21.2 Å². The van der Waals surface area contributed by atoms with E-state index in [4.69, 9.17) is 4.74 Å². The van der Waals surface area contributed by atoms with Gasteiger partial charge in [0.15, 0.2) is 0 Å². The molecule has 3 nitrogen and oxygen atoms in total. The number of rotatable bonds is 4. The van der Waals surface area contributed by atoms with Crippen LogP contribution in [0.2, 0.25) is 0 Å². The van der Waals surface area contributed by atoms with Gasteiger partial charge in [-0.2, -0.15) is 0 Å². The van der Waals surface area contributed by atoms with Crippen LogP contribution in [0.15, 0.2) is 21.5 Å². The Morgan fingerprint density at radius 1 is 1.43 bits per heavy atom. The number of hydrogen-bond acceptors (Lipinski definition) is 3. The lowest BCUT2D eigenvalue weighted by Crippen LogP contribution is -2.25. The number of methoxy groups -OCH3 is 1. The lowest BCUT2D eigenvalue weighted by atomic mass is 10.0. The fraction of sp³-hybridized carbons (Fsp3) is 0.562. The molecule has 0 fully saturated rings. The molecule has 1 aliphatic heterocycles. The van der Waals surface area contributed by atoms with Crippen LogP contribution < -0.4 is 10.1 Å². The number of hydrogen-bond donors (Lipinski definition) is 1. The molecule has 2 rings (SSSR count). The molecule has 1 aromatic carbocycles. The molecule has 1 amide bonds. The molecule has 7 heteroatoms. The maximum atomic E-state index is 13.0. The van der Waals surface area contributed by atoms with E-state index < -0.39 is 11.8 Å². The van der Waals surface area contributed by atoms with Crippen LogP contribution in [0.25, 0.3) is 0 Å². The molecule has 1 N–H and O–H groups in total. The van der Waals surface area contributed by atoms with Gasteiger partial charge in [-0.15, -0.1) is 11.8 Å². The average molecular weight is 410 g/mol. The van der Waals surface area contributed by atoms with Crippen LogP contribution in [0.4, 0.5) is 14.5 Å². The average Bonchev–Trinajstić information content (AvgIpc) is 2.64. The SMILES string of the molecule is CC.COc1cc2c(cc1Br)NC(=O)C(CCC(C)(F)F)CS2. The summed E-state index contributed by atoms with van der Waals surface area (Å²) >= 11 is 4.85. The summed E-state index contributed by atoms with van der Waals surface area (Å²) < 4.78 is 31.9. The Hall–Kier alpha value is -0.820. The Balaban J connectivity index is 0.00000127. The third kappa shape index (κ3) is 5.95. The number of carbonyl (C=O) groups excluding carboxylic acids is 1. The quantitative estimate of drug-likeness (QED) is 0.704. The van der Waals surface area contributed by atoms with Gasteiger partial charge in [0.1, 0.15) is 5.75 Å². The minimum Gasteiger partial charge on any atom is -0.496 e. The minimum atomic E-state index is -2.74. The predicted octanol–water partition coefficient (Wildman–Crippen LogP) is 5.58. The summed E-state index contributed by atoms with van der Waals surface area (Å²) in [4.78, 5) is 13.0. The largest absolute Gasteiger partial charge is 0.496 e. The monoisotopic (exact) mass is 409 g/mol. The van der Waals surface area contributed by atoms with E-state index in [1.807, 2.05) is 19.9 Å². The summed E-state index contributed by atoms with van der Waals surface area (Å²) in [5.41, 5.74) is 0.684. The number of carbonyl (C=O) groups is 1. The summed E-state index contributed by atoms with van der Waals surface area (Å²) in [6.45, 7) is 4.88. The highest BCUT2D eigenvalue weighted by Crippen LogP contribution is 2.40. The van der Waals surface area contributed by atoms with Crippen LogP contribution in [0.1, 0.15) is 33.6 Å². The zero-order chi connectivity index (χ0) is 17.6. The fourth-order valence-electron chi connectivity index (χ4n) is 2.05. The molecule has 1 atom stereocenters. The number of alkyl halides is 2. The lowest BCUT2D eigenvalue weighted by Gasteiger charge is -2.15. The molecule has 23 heavy (non-hydrogen) atoms. The second-order valence-electron chi connectivity index (χ2n) is 5.09. The van der Waals surface area contributed by atoms with Crippen molar-refractivity contribution in [2.24, 2.45) is 5.92 Å². The summed E-state index contributed by atoms with van der Waals surface area (Å²) in [5, 5.41) is 2.81. The van der Waals surface area contributed by atoms with Crippen molar-refractivity contribution in [2.75, 3.05) is 18.2 Å². The number of nitrogens with one attached hydrogen (secondary N) is 1. The van der Waals surface area contributed by atoms with Crippen LogP contribution in [0, 0.1) is 5.92 Å². The molecule has 1 aromatic rings. The van der Waals surface area contributed by atoms with Crippen LogP contribution in [0.5, 0.6) is 5.75 Å². The molecule has 0 spiro atoms. The Kier molecular flexibility index (Phi) is 7.80. The molecule has 1 heterocycles. The smallest absolute Gasteiger partial charge is 0.245 e. The second kappa shape index (κ2) is 8.87. The van der Waals surface area contributed by atoms with Gasteiger partial charge in [-0.25, -0.2) is 8.78 Å². The lowest BCUT2D eigenvalue weighted by molar-refractivity contribution is -0.119. The van der Waals surface area contributed by atoms with Gasteiger partial charge in [-0.05, 0) is 41.4 Å². The Morgan fingerprint density at radius 3 is 2.65 bits per heavy atom. The molecule has 0 bridgehead atoms. The minimum absolute atomic E-state index is 0.175. The van der Waals surface area contributed by atoms with Gasteiger partial charge in [0.05, 0.1) is 17.3 Å². The fourth-order valence-corrected chi connectivity index (χ4v) is 3.71. The van der Waals surface area contributed by atoms with Crippen molar-refractivity contribution in [3.63, 3.8) is 0 Å². The first-order valence-electron chi connectivity index (χ1n) is 7.49. The van der Waals surface area contributed by atoms with Gasteiger partial charge in [-0.3, -0.25) is 4.79 Å². The summed E-state index contributed by atoms with van der Waals surface area (Å²) in [6.07, 6.45) is -0.108. The van der Waals surface area contributed by atoms with E-state index in [-0.39, 0.29) is 18.7 Å². The van der Waals surface area contributed by atoms with Gasteiger partial charge in [-0.1, -0.05) is 13.8 Å². The maximum absolute atomic E-state index is 13.0. The van der Waals surface area contributed by atoms with Crippen molar-refractivity contribution in [1.29, 1.82) is 0 Å². The number of halogens is 3. The third-order valence-corrected chi connectivity index (χ3v) is 5.09. The zero-order valence-corrected chi connectivity index (χ0v) is 16.1. The molecule has 0 saturated heterocycles. The van der Waals surface area contributed by atoms with Gasteiger partial charge >= 0.3 is 0 Å². The maximum Gasteiger partial charge on any atom is 0.245 e. The molecule has 0 saturated carbocycles. The van der Waals surface area contributed by atoms with E-state index in [1.54, 1.807) is 13.2 Å². The highest BCUT2D eigenvalue weighted by molar-refractivity contribution is 9.10. The van der Waals surface area contributed by atoms with Crippen molar-refractivity contribution in [2.45, 2.75) is 44.4 Å². The molecule has 0 aromatic heterocycles. The Labute approximate surface area is 148 Å². The second-order valence-corrected chi connectivity index (χ2v) is 7.01. The van der Waals surface area contributed by atoms with Gasteiger partial charge < -0.3 is 10.1 Å². The topological polar surface area (TPSA) is 38.3 Å². The number of ether oxygens (including phenoxy) is 1. The highest BCUT2D eigenvalue weighted by Gasteiger charge is 2.29. The van der Waals surface area contributed by atoms with Crippen molar-refractivity contribution in [1.82, 2.24) is 0 Å².